The molecule has 0 spiro atoms. The smallest absolute Gasteiger partial charge is 0.239 e. The molecule has 0 heterocycles. The predicted molar refractivity (Wildman–Crippen MR) is 91.4 cm³/mol. The van der Waals surface area contributed by atoms with Crippen LogP contribution in [0.15, 0.2) is 42.5 Å². The molecule has 0 unspecified atom stereocenters. The number of aryl methyl sites for hydroxylation is 1. The van der Waals surface area contributed by atoms with Crippen molar-refractivity contribution < 1.29 is 22.0 Å². The van der Waals surface area contributed by atoms with E-state index in [4.69, 9.17) is 0 Å². The maximum Gasteiger partial charge on any atom is 0.239 e. The first kappa shape index (κ1) is 19.0. The summed E-state index contributed by atoms with van der Waals surface area (Å²) in [5.74, 6) is -2.70. The van der Waals surface area contributed by atoms with E-state index >= 15 is 0 Å². The highest BCUT2D eigenvalue weighted by atomic mass is 32.2. The van der Waals surface area contributed by atoms with Crippen LogP contribution in [-0.4, -0.2) is 31.4 Å². The monoisotopic (exact) mass is 368 g/mol. The van der Waals surface area contributed by atoms with E-state index < -0.39 is 39.8 Å². The molecule has 0 aliphatic rings. The van der Waals surface area contributed by atoms with Gasteiger partial charge in [-0.3, -0.25) is 4.79 Å². The number of halogens is 2. The molecule has 0 aliphatic carbocycles. The maximum atomic E-state index is 13.6. The Morgan fingerprint density at radius 2 is 1.72 bits per heavy atom. The van der Waals surface area contributed by atoms with Crippen molar-refractivity contribution in [3.63, 3.8) is 0 Å². The van der Waals surface area contributed by atoms with E-state index in [-0.39, 0.29) is 6.54 Å². The van der Waals surface area contributed by atoms with Gasteiger partial charge in [0.2, 0.25) is 15.9 Å². The van der Waals surface area contributed by atoms with E-state index in [0.29, 0.717) is 5.56 Å². The number of nitrogens with one attached hydrogen (secondary N) is 1. The number of carbonyl (C=O) groups excluding carboxylic acids is 1. The average Bonchev–Trinajstić information content (AvgIpc) is 2.49. The summed E-state index contributed by atoms with van der Waals surface area (Å²) < 4.78 is 52.0. The Hall–Kier alpha value is -2.32. The van der Waals surface area contributed by atoms with Gasteiger partial charge < -0.3 is 5.32 Å². The molecule has 0 aliphatic heterocycles. The summed E-state index contributed by atoms with van der Waals surface area (Å²) in [5, 5.41) is 2.08. The molecule has 8 heteroatoms. The van der Waals surface area contributed by atoms with Crippen LogP contribution in [0.5, 0.6) is 0 Å². The van der Waals surface area contributed by atoms with E-state index in [0.717, 1.165) is 28.3 Å². The van der Waals surface area contributed by atoms with Crippen LogP contribution < -0.4 is 5.32 Å². The van der Waals surface area contributed by atoms with E-state index in [9.17, 15) is 22.0 Å². The van der Waals surface area contributed by atoms with E-state index in [1.807, 2.05) is 13.0 Å². The van der Waals surface area contributed by atoms with Crippen LogP contribution in [-0.2, 0) is 21.4 Å². The van der Waals surface area contributed by atoms with Crippen molar-refractivity contribution in [2.45, 2.75) is 13.5 Å². The van der Waals surface area contributed by atoms with Gasteiger partial charge in [0.05, 0.1) is 12.8 Å². The Balaban J connectivity index is 2.16. The topological polar surface area (TPSA) is 66.5 Å². The molecule has 2 aromatic rings. The Morgan fingerprint density at radius 1 is 1.12 bits per heavy atom. The molecule has 0 fully saturated rings. The molecule has 1 N–H and O–H groups in total. The first-order valence-corrected chi connectivity index (χ1v) is 9.26. The van der Waals surface area contributed by atoms with E-state index in [2.05, 4.69) is 5.32 Å². The van der Waals surface area contributed by atoms with Crippen molar-refractivity contribution in [2.24, 2.45) is 0 Å². The van der Waals surface area contributed by atoms with Crippen molar-refractivity contribution in [2.75, 3.05) is 18.1 Å². The van der Waals surface area contributed by atoms with Crippen molar-refractivity contribution in [3.05, 3.63) is 65.2 Å². The number of hydrogen-bond donors (Lipinski definition) is 1. The number of hydrogen-bond acceptors (Lipinski definition) is 3. The second-order valence-corrected chi connectivity index (χ2v) is 7.65. The van der Waals surface area contributed by atoms with Crippen molar-refractivity contribution in [1.82, 2.24) is 4.31 Å². The molecule has 25 heavy (non-hydrogen) atoms. The second-order valence-electron chi connectivity index (χ2n) is 5.66. The van der Waals surface area contributed by atoms with Gasteiger partial charge in [0.1, 0.15) is 17.3 Å². The average molecular weight is 368 g/mol. The van der Waals surface area contributed by atoms with Gasteiger partial charge in [0.15, 0.2) is 0 Å². The normalized spacial score (nSPS) is 11.6. The summed E-state index contributed by atoms with van der Waals surface area (Å²) in [5.41, 5.74) is 1.05. The highest BCUT2D eigenvalue weighted by Crippen LogP contribution is 2.18. The van der Waals surface area contributed by atoms with Gasteiger partial charge in [0, 0.05) is 6.54 Å². The third-order valence-electron chi connectivity index (χ3n) is 3.46. The number of nitrogens with zero attached hydrogens (tertiary/aromatic N) is 1. The molecule has 5 nitrogen and oxygen atoms in total. The van der Waals surface area contributed by atoms with Crippen LogP contribution in [0.4, 0.5) is 14.5 Å². The minimum Gasteiger partial charge on any atom is -0.320 e. The lowest BCUT2D eigenvalue weighted by atomic mass is 10.1. The number of sulfonamides is 1. The molecule has 0 bridgehead atoms. The SMILES string of the molecule is Cc1cccc(CN(CC(=O)Nc2c(F)cccc2F)S(C)(=O)=O)c1. The number of anilines is 1. The van der Waals surface area contributed by atoms with Gasteiger partial charge in [-0.15, -0.1) is 0 Å². The number of carbonyl (C=O) groups is 1. The zero-order valence-electron chi connectivity index (χ0n) is 13.8. The predicted octanol–water partition coefficient (Wildman–Crippen LogP) is 2.67. The second kappa shape index (κ2) is 7.71. The number of benzene rings is 2. The third kappa shape index (κ3) is 5.33. The van der Waals surface area contributed by atoms with Gasteiger partial charge in [-0.25, -0.2) is 17.2 Å². The first-order valence-electron chi connectivity index (χ1n) is 7.41. The van der Waals surface area contributed by atoms with Gasteiger partial charge in [-0.2, -0.15) is 4.31 Å². The Morgan fingerprint density at radius 3 is 2.28 bits per heavy atom. The standard InChI is InChI=1S/C17H18F2N2O3S/c1-12-5-3-6-13(9-12)10-21(25(2,23)24)11-16(22)20-17-14(18)7-4-8-15(17)19/h3-9H,10-11H2,1-2H3,(H,20,22). The summed E-state index contributed by atoms with van der Waals surface area (Å²) in [7, 11) is -3.70. The quantitative estimate of drug-likeness (QED) is 0.853. The Labute approximate surface area is 145 Å². The van der Waals surface area contributed by atoms with Crippen LogP contribution in [0.25, 0.3) is 0 Å². The Kier molecular flexibility index (Phi) is 5.86. The first-order chi connectivity index (χ1) is 11.7. The van der Waals surface area contributed by atoms with Crippen LogP contribution in [0, 0.1) is 18.6 Å². The summed E-state index contributed by atoms with van der Waals surface area (Å²) in [4.78, 5) is 12.1. The lowest BCUT2D eigenvalue weighted by molar-refractivity contribution is -0.116. The third-order valence-corrected chi connectivity index (χ3v) is 4.65. The van der Waals surface area contributed by atoms with Gasteiger partial charge in [-0.1, -0.05) is 35.9 Å². The van der Waals surface area contributed by atoms with Crippen LogP contribution >= 0.6 is 0 Å². The number of rotatable bonds is 6. The molecule has 0 radical (unpaired) electrons. The van der Waals surface area contributed by atoms with Crippen molar-refractivity contribution in [3.8, 4) is 0 Å². The van der Waals surface area contributed by atoms with Crippen LogP contribution in [0.3, 0.4) is 0 Å². The minimum absolute atomic E-state index is 0.0202. The van der Waals surface area contributed by atoms with E-state index in [1.54, 1.807) is 18.2 Å². The summed E-state index contributed by atoms with van der Waals surface area (Å²) in [6, 6.07) is 10.3. The molecule has 1 amide bonds. The van der Waals surface area contributed by atoms with Crippen molar-refractivity contribution in [1.29, 1.82) is 0 Å². The molecular formula is C17H18F2N2O3S. The number of para-hydroxylation sites is 1. The maximum absolute atomic E-state index is 13.6. The molecule has 0 saturated carbocycles. The fraction of sp³-hybridized carbons (Fsp3) is 0.235. The Bertz CT molecular complexity index is 865. The zero-order chi connectivity index (χ0) is 18.6. The highest BCUT2D eigenvalue weighted by Gasteiger charge is 2.22. The fourth-order valence-corrected chi connectivity index (χ4v) is 3.00. The molecule has 0 aromatic heterocycles. The largest absolute Gasteiger partial charge is 0.320 e. The number of amides is 1. The molecule has 0 saturated heterocycles. The summed E-state index contributed by atoms with van der Waals surface area (Å²) in [6.07, 6.45) is 0.972. The molecule has 2 aromatic carbocycles. The molecule has 134 valence electrons. The fourth-order valence-electron chi connectivity index (χ4n) is 2.26. The molecule has 2 rings (SSSR count). The van der Waals surface area contributed by atoms with Crippen LogP contribution in [0.2, 0.25) is 0 Å². The molecular weight excluding hydrogens is 350 g/mol. The summed E-state index contributed by atoms with van der Waals surface area (Å²) in [6.45, 7) is 1.29. The minimum atomic E-state index is -3.70. The van der Waals surface area contributed by atoms with E-state index in [1.165, 1.54) is 6.07 Å². The van der Waals surface area contributed by atoms with Crippen LogP contribution in [0.1, 0.15) is 11.1 Å². The van der Waals surface area contributed by atoms with Gasteiger partial charge in [-0.05, 0) is 24.6 Å². The highest BCUT2D eigenvalue weighted by molar-refractivity contribution is 7.88. The van der Waals surface area contributed by atoms with Gasteiger partial charge >= 0.3 is 0 Å². The summed E-state index contributed by atoms with van der Waals surface area (Å²) >= 11 is 0. The molecule has 0 atom stereocenters. The lowest BCUT2D eigenvalue weighted by Crippen LogP contribution is -2.37. The zero-order valence-corrected chi connectivity index (χ0v) is 14.6. The lowest BCUT2D eigenvalue weighted by Gasteiger charge is -2.20. The van der Waals surface area contributed by atoms with Gasteiger partial charge in [0.25, 0.3) is 0 Å². The van der Waals surface area contributed by atoms with Crippen molar-refractivity contribution >= 4 is 21.6 Å².